The monoisotopic (exact) mass is 403 g/mol. The summed E-state index contributed by atoms with van der Waals surface area (Å²) < 4.78 is 5.62. The Morgan fingerprint density at radius 1 is 1.00 bits per heavy atom. The van der Waals surface area contributed by atoms with Crippen molar-refractivity contribution in [3.05, 3.63) is 76.0 Å². The molecule has 3 aromatic rings. The van der Waals surface area contributed by atoms with Gasteiger partial charge < -0.3 is 14.8 Å². The summed E-state index contributed by atoms with van der Waals surface area (Å²) in [6.07, 6.45) is 0.421. The van der Waals surface area contributed by atoms with Crippen LogP contribution < -0.4 is 5.32 Å². The number of rotatable bonds is 6. The molecule has 0 aliphatic heterocycles. The fourth-order valence-electron chi connectivity index (χ4n) is 2.51. The average Bonchev–Trinajstić information content (AvgIpc) is 3.13. The summed E-state index contributed by atoms with van der Waals surface area (Å²) in [7, 11) is 0. The molecule has 0 unspecified atom stereocenters. The van der Waals surface area contributed by atoms with Gasteiger partial charge in [0.1, 0.15) is 5.76 Å². The molecular weight excluding hydrogens is 389 g/mol. The van der Waals surface area contributed by atoms with E-state index >= 15 is 0 Å². The molecule has 0 bridgehead atoms. The Morgan fingerprint density at radius 2 is 1.81 bits per heavy atom. The van der Waals surface area contributed by atoms with Crippen molar-refractivity contribution >= 4 is 40.8 Å². The molecule has 3 rings (SSSR count). The van der Waals surface area contributed by atoms with E-state index in [0.717, 1.165) is 5.56 Å². The normalized spacial score (nSPS) is 10.6. The van der Waals surface area contributed by atoms with Crippen LogP contribution in [0.5, 0.6) is 0 Å². The molecule has 1 amide bonds. The number of carboxylic acid groups (broad SMARTS) is 1. The highest BCUT2D eigenvalue weighted by Gasteiger charge is 2.13. The number of carboxylic acids is 1. The van der Waals surface area contributed by atoms with Gasteiger partial charge in [0.25, 0.3) is 5.91 Å². The van der Waals surface area contributed by atoms with Crippen molar-refractivity contribution in [3.63, 3.8) is 0 Å². The van der Waals surface area contributed by atoms with Crippen molar-refractivity contribution in [3.8, 4) is 11.3 Å². The molecule has 0 saturated carbocycles. The van der Waals surface area contributed by atoms with E-state index in [4.69, 9.17) is 32.7 Å². The van der Waals surface area contributed by atoms with E-state index < -0.39 is 11.9 Å². The number of carbonyl (C=O) groups is 2. The number of halogens is 2. The van der Waals surface area contributed by atoms with Crippen LogP contribution in [0.4, 0.5) is 5.69 Å². The van der Waals surface area contributed by atoms with Crippen LogP contribution in [0.3, 0.4) is 0 Å². The SMILES string of the molecule is O=C(O)CCc1cccc(NC(=O)c2ccc(-c3ccc(Cl)c(Cl)c3)o2)c1. The molecule has 0 aliphatic rings. The van der Waals surface area contributed by atoms with Gasteiger partial charge in [0.15, 0.2) is 5.76 Å². The third-order valence-corrected chi connectivity index (χ3v) is 4.59. The van der Waals surface area contributed by atoms with E-state index in [1.54, 1.807) is 48.5 Å². The Balaban J connectivity index is 1.72. The lowest BCUT2D eigenvalue weighted by molar-refractivity contribution is -0.136. The van der Waals surface area contributed by atoms with Gasteiger partial charge in [0.05, 0.1) is 10.0 Å². The van der Waals surface area contributed by atoms with Crippen molar-refractivity contribution in [1.82, 2.24) is 0 Å². The van der Waals surface area contributed by atoms with E-state index in [1.165, 1.54) is 0 Å². The number of amides is 1. The van der Waals surface area contributed by atoms with Gasteiger partial charge in [-0.25, -0.2) is 0 Å². The third kappa shape index (κ3) is 4.90. The third-order valence-electron chi connectivity index (χ3n) is 3.85. The molecule has 0 radical (unpaired) electrons. The van der Waals surface area contributed by atoms with Crippen LogP contribution in [0, 0.1) is 0 Å². The summed E-state index contributed by atoms with van der Waals surface area (Å²) in [5.74, 6) is -0.632. The predicted octanol–water partition coefficient (Wildman–Crippen LogP) is 5.52. The molecule has 1 heterocycles. The van der Waals surface area contributed by atoms with Crippen LogP contribution in [0.15, 0.2) is 59.0 Å². The molecule has 0 atom stereocenters. The Hall–Kier alpha value is -2.76. The number of aryl methyl sites for hydroxylation is 1. The summed E-state index contributed by atoms with van der Waals surface area (Å²) >= 11 is 11.9. The lowest BCUT2D eigenvalue weighted by Gasteiger charge is -2.06. The van der Waals surface area contributed by atoms with Crippen LogP contribution in [-0.4, -0.2) is 17.0 Å². The van der Waals surface area contributed by atoms with Gasteiger partial charge in [0, 0.05) is 17.7 Å². The smallest absolute Gasteiger partial charge is 0.303 e. The largest absolute Gasteiger partial charge is 0.481 e. The summed E-state index contributed by atoms with van der Waals surface area (Å²) in [5.41, 5.74) is 2.10. The highest BCUT2D eigenvalue weighted by molar-refractivity contribution is 6.42. The molecule has 27 heavy (non-hydrogen) atoms. The van der Waals surface area contributed by atoms with Crippen molar-refractivity contribution in [2.24, 2.45) is 0 Å². The number of hydrogen-bond donors (Lipinski definition) is 2. The zero-order valence-corrected chi connectivity index (χ0v) is 15.6. The van der Waals surface area contributed by atoms with Gasteiger partial charge in [0.2, 0.25) is 0 Å². The van der Waals surface area contributed by atoms with Gasteiger partial charge in [-0.15, -0.1) is 0 Å². The topological polar surface area (TPSA) is 79.5 Å². The van der Waals surface area contributed by atoms with Crippen LogP contribution in [0.2, 0.25) is 10.0 Å². The predicted molar refractivity (Wildman–Crippen MR) is 105 cm³/mol. The van der Waals surface area contributed by atoms with Gasteiger partial charge in [-0.1, -0.05) is 35.3 Å². The standard InChI is InChI=1S/C20H15Cl2NO4/c21-15-6-5-13(11-16(15)22)17-7-8-18(27-17)20(26)23-14-3-1-2-12(10-14)4-9-19(24)25/h1-3,5-8,10-11H,4,9H2,(H,23,26)(H,24,25). The number of benzene rings is 2. The molecule has 0 aliphatic carbocycles. The number of anilines is 1. The Kier molecular flexibility index (Phi) is 5.84. The first-order chi connectivity index (χ1) is 12.9. The van der Waals surface area contributed by atoms with E-state index in [9.17, 15) is 9.59 Å². The molecule has 0 spiro atoms. The second kappa shape index (κ2) is 8.29. The quantitative estimate of drug-likeness (QED) is 0.567. The van der Waals surface area contributed by atoms with E-state index in [2.05, 4.69) is 5.32 Å². The number of hydrogen-bond acceptors (Lipinski definition) is 3. The van der Waals surface area contributed by atoms with Gasteiger partial charge >= 0.3 is 5.97 Å². The minimum Gasteiger partial charge on any atom is -0.481 e. The number of furan rings is 1. The van der Waals surface area contributed by atoms with Gasteiger partial charge in [-0.3, -0.25) is 9.59 Å². The van der Waals surface area contributed by atoms with Crippen LogP contribution in [0.25, 0.3) is 11.3 Å². The van der Waals surface area contributed by atoms with Crippen LogP contribution in [-0.2, 0) is 11.2 Å². The fraction of sp³-hybridized carbons (Fsp3) is 0.100. The number of aliphatic carboxylic acids is 1. The van der Waals surface area contributed by atoms with E-state index in [1.807, 2.05) is 6.07 Å². The molecule has 2 aromatic carbocycles. The van der Waals surface area contributed by atoms with Crippen molar-refractivity contribution < 1.29 is 19.1 Å². The minimum atomic E-state index is -0.866. The van der Waals surface area contributed by atoms with Crippen LogP contribution >= 0.6 is 23.2 Å². The molecule has 0 fully saturated rings. The lowest BCUT2D eigenvalue weighted by atomic mass is 10.1. The molecule has 0 saturated heterocycles. The van der Waals surface area contributed by atoms with Crippen molar-refractivity contribution in [1.29, 1.82) is 0 Å². The maximum atomic E-state index is 12.4. The number of nitrogens with one attached hydrogen (secondary N) is 1. The zero-order valence-electron chi connectivity index (χ0n) is 14.0. The summed E-state index contributed by atoms with van der Waals surface area (Å²) in [6, 6.07) is 15.4. The highest BCUT2D eigenvalue weighted by atomic mass is 35.5. The zero-order chi connectivity index (χ0) is 19.4. The minimum absolute atomic E-state index is 0.0304. The van der Waals surface area contributed by atoms with Gasteiger partial charge in [-0.05, 0) is 54.4 Å². The van der Waals surface area contributed by atoms with Gasteiger partial charge in [-0.2, -0.15) is 0 Å². The Labute approximate surface area is 165 Å². The summed E-state index contributed by atoms with van der Waals surface area (Å²) in [5, 5.41) is 12.3. The maximum Gasteiger partial charge on any atom is 0.303 e. The lowest BCUT2D eigenvalue weighted by Crippen LogP contribution is -2.11. The summed E-state index contributed by atoms with van der Waals surface area (Å²) in [4.78, 5) is 23.1. The molecule has 138 valence electrons. The number of carbonyl (C=O) groups excluding carboxylic acids is 1. The first-order valence-corrected chi connectivity index (χ1v) is 8.85. The first kappa shape index (κ1) is 19.0. The molecule has 1 aromatic heterocycles. The van der Waals surface area contributed by atoms with Crippen LogP contribution in [0.1, 0.15) is 22.5 Å². The van der Waals surface area contributed by atoms with E-state index in [-0.39, 0.29) is 12.2 Å². The molecule has 5 nitrogen and oxygen atoms in total. The first-order valence-electron chi connectivity index (χ1n) is 8.10. The second-order valence-corrected chi connectivity index (χ2v) is 6.66. The van der Waals surface area contributed by atoms with Crippen molar-refractivity contribution in [2.45, 2.75) is 12.8 Å². The summed E-state index contributed by atoms with van der Waals surface area (Å²) in [6.45, 7) is 0. The average molecular weight is 404 g/mol. The Bertz CT molecular complexity index is 997. The highest BCUT2D eigenvalue weighted by Crippen LogP contribution is 2.29. The second-order valence-electron chi connectivity index (χ2n) is 5.84. The van der Waals surface area contributed by atoms with E-state index in [0.29, 0.717) is 33.5 Å². The maximum absolute atomic E-state index is 12.4. The van der Waals surface area contributed by atoms with Crippen molar-refractivity contribution in [2.75, 3.05) is 5.32 Å². The Morgan fingerprint density at radius 3 is 2.56 bits per heavy atom. The molecule has 2 N–H and O–H groups in total. The molecule has 7 heteroatoms. The molecular formula is C20H15Cl2NO4. The fourth-order valence-corrected chi connectivity index (χ4v) is 2.81.